The van der Waals surface area contributed by atoms with Gasteiger partial charge in [0.2, 0.25) is 0 Å². The first-order valence-corrected chi connectivity index (χ1v) is 11.0. The predicted molar refractivity (Wildman–Crippen MR) is 127 cm³/mol. The molecule has 8 rings (SSSR count). The van der Waals surface area contributed by atoms with Crippen molar-refractivity contribution in [2.24, 2.45) is 20.0 Å². The molecule has 10 heteroatoms. The van der Waals surface area contributed by atoms with Crippen LogP contribution < -0.4 is 11.0 Å². The molecule has 0 spiro atoms. The van der Waals surface area contributed by atoms with E-state index in [9.17, 15) is 8.78 Å². The maximum atomic E-state index is 14.4. The summed E-state index contributed by atoms with van der Waals surface area (Å²) in [6.45, 7) is 0. The van der Waals surface area contributed by atoms with Crippen molar-refractivity contribution in [2.45, 2.75) is 0 Å². The van der Waals surface area contributed by atoms with Crippen molar-refractivity contribution < 1.29 is 8.78 Å². The summed E-state index contributed by atoms with van der Waals surface area (Å²) in [6.07, 6.45) is -0.812. The first-order valence-electron chi connectivity index (χ1n) is 10.6. The summed E-state index contributed by atoms with van der Waals surface area (Å²) in [4.78, 5) is 19.4. The number of halogens is 3. The molecule has 0 atom stereocenters. The fraction of sp³-hybridized carbons (Fsp3) is 0. The summed E-state index contributed by atoms with van der Waals surface area (Å²) >= 11 is 7.09. The number of fused-ring (bicyclic) bond motifs is 10. The van der Waals surface area contributed by atoms with Gasteiger partial charge in [0, 0.05) is 32.7 Å². The van der Waals surface area contributed by atoms with E-state index in [4.69, 9.17) is 31.4 Å². The third kappa shape index (κ3) is 2.11. The van der Waals surface area contributed by atoms with Gasteiger partial charge in [-0.05, 0) is 12.1 Å². The highest BCUT2D eigenvalue weighted by molar-refractivity contribution is 7.05. The van der Waals surface area contributed by atoms with Gasteiger partial charge < -0.3 is 8.96 Å². The Kier molecular flexibility index (Phi) is 3.27. The number of hydrogen-bond acceptors (Lipinski definition) is 4. The van der Waals surface area contributed by atoms with Gasteiger partial charge in [-0.2, -0.15) is 0 Å². The van der Waals surface area contributed by atoms with Crippen LogP contribution in [0.4, 0.5) is 20.4 Å². The van der Waals surface area contributed by atoms with Gasteiger partial charge in [0.1, 0.15) is 22.6 Å². The van der Waals surface area contributed by atoms with Gasteiger partial charge in [-0.15, -0.1) is 11.5 Å². The number of amidine groups is 2. The summed E-state index contributed by atoms with van der Waals surface area (Å²) in [6, 6.07) is 17.7. The minimum atomic E-state index is -0.966. The van der Waals surface area contributed by atoms with Crippen LogP contribution in [0.15, 0.2) is 80.6 Å². The van der Waals surface area contributed by atoms with Gasteiger partial charge in [-0.3, -0.25) is 0 Å². The molecule has 3 aliphatic rings. The maximum Gasteiger partial charge on any atom is 0.499 e. The molecule has 160 valence electrons. The number of rotatable bonds is 0. The first kappa shape index (κ1) is 18.3. The van der Waals surface area contributed by atoms with E-state index in [1.54, 1.807) is 4.48 Å². The van der Waals surface area contributed by atoms with Crippen molar-refractivity contribution >= 4 is 62.7 Å². The number of aromatic nitrogens is 2. The number of aliphatic imine (C=N–C) groups is 2. The second-order valence-corrected chi connectivity index (χ2v) is 8.73. The molecule has 3 aromatic carbocycles. The highest BCUT2D eigenvalue weighted by atomic mass is 35.5. The number of nitrogens with zero attached hydrogens (tertiary/aromatic N) is 6. The van der Waals surface area contributed by atoms with Crippen molar-refractivity contribution in [2.75, 3.05) is 0 Å². The Labute approximate surface area is 194 Å². The molecule has 3 aliphatic heterocycles. The minimum absolute atomic E-state index is 0.360. The fourth-order valence-electron chi connectivity index (χ4n) is 5.05. The zero-order valence-corrected chi connectivity index (χ0v) is 17.9. The van der Waals surface area contributed by atoms with Gasteiger partial charge in [-0.1, -0.05) is 48.5 Å². The van der Waals surface area contributed by atoms with Crippen LogP contribution in [0.1, 0.15) is 11.1 Å². The summed E-state index contributed by atoms with van der Waals surface area (Å²) in [5, 5.41) is 2.55. The average Bonchev–Trinajstić information content (AvgIpc) is 3.45. The summed E-state index contributed by atoms with van der Waals surface area (Å²) in [5.41, 5.74) is 2.41. The molecule has 6 nitrogen and oxygen atoms in total. The van der Waals surface area contributed by atoms with Crippen LogP contribution >= 0.6 is 11.5 Å². The molecule has 0 aliphatic carbocycles. The monoisotopic (exact) mass is 466 g/mol. The van der Waals surface area contributed by atoms with Gasteiger partial charge in [0.15, 0.2) is 23.3 Å². The molecule has 0 saturated carbocycles. The molecule has 5 heterocycles. The first-order chi connectivity index (χ1) is 16.6. The molecule has 4 bridgehead atoms. The van der Waals surface area contributed by atoms with Crippen LogP contribution in [-0.2, 0) is 0 Å². The van der Waals surface area contributed by atoms with Gasteiger partial charge in [0.05, 0.1) is 0 Å². The van der Waals surface area contributed by atoms with E-state index in [-0.39, 0.29) is 0 Å². The van der Waals surface area contributed by atoms with Crippen molar-refractivity contribution in [3.63, 3.8) is 0 Å². The molecule has 0 amide bonds. The molecule has 2 aromatic heterocycles. The Morgan fingerprint density at radius 3 is 1.79 bits per heavy atom. The lowest BCUT2D eigenvalue weighted by Gasteiger charge is -2.18. The lowest BCUT2D eigenvalue weighted by Crippen LogP contribution is -2.44. The lowest BCUT2D eigenvalue weighted by molar-refractivity contribution is 0.511. The largest absolute Gasteiger partial charge is 0.499 e. The second kappa shape index (κ2) is 6.06. The normalized spacial score (nSPS) is 17.6. The highest BCUT2D eigenvalue weighted by Gasteiger charge is 2.35. The SMILES string of the molecule is Fc1cc2c3n4/c(c2cc1F)=N\C1=NC(=N\c2c5ccccc5c(n2B4Cl)N=3)/c2ccccc21. The van der Waals surface area contributed by atoms with Crippen LogP contribution in [0.25, 0.3) is 21.5 Å². The summed E-state index contributed by atoms with van der Waals surface area (Å²) in [7, 11) is 0. The van der Waals surface area contributed by atoms with E-state index in [1.807, 2.05) is 53.0 Å². The highest BCUT2D eigenvalue weighted by Crippen LogP contribution is 2.41. The molecular weight excluding hydrogens is 457 g/mol. The van der Waals surface area contributed by atoms with Gasteiger partial charge >= 0.3 is 6.40 Å². The van der Waals surface area contributed by atoms with E-state index in [2.05, 4.69) is 0 Å². The molecule has 0 fully saturated rings. The van der Waals surface area contributed by atoms with E-state index < -0.39 is 18.0 Å². The topological polar surface area (TPSA) is 59.3 Å². The standard InChI is InChI=1S/C24H10BClF2N6/c26-25-33-21-13-7-3-4-8-14(13)22(33)32-24-16-10-18(28)17(27)9-15(16)23(34(24)25)31-20-12-6-2-1-5-11(12)19(29-20)30-21/h1-10H/b30-19-,30-21?,31-20?,31-23-. The Balaban J connectivity index is 1.68. The Hall–Kier alpha value is -4.11. The molecule has 34 heavy (non-hydrogen) atoms. The molecule has 0 N–H and O–H groups in total. The Morgan fingerprint density at radius 1 is 0.618 bits per heavy atom. The lowest BCUT2D eigenvalue weighted by atomic mass is 10.1. The quantitative estimate of drug-likeness (QED) is 0.307. The van der Waals surface area contributed by atoms with Crippen LogP contribution in [0.5, 0.6) is 0 Å². The number of benzene rings is 3. The Morgan fingerprint density at radius 2 is 1.15 bits per heavy atom. The maximum absolute atomic E-state index is 14.4. The van der Waals surface area contributed by atoms with Crippen molar-refractivity contribution in [3.05, 3.63) is 94.4 Å². The van der Waals surface area contributed by atoms with Gasteiger partial charge in [-0.25, -0.2) is 28.8 Å². The zero-order chi connectivity index (χ0) is 22.7. The minimum Gasteiger partial charge on any atom is -0.319 e. The average molecular weight is 467 g/mol. The number of hydrogen-bond donors (Lipinski definition) is 0. The predicted octanol–water partition coefficient (Wildman–Crippen LogP) is 4.23. The smallest absolute Gasteiger partial charge is 0.319 e. The molecular formula is C24H10BClF2N6. The van der Waals surface area contributed by atoms with Crippen molar-refractivity contribution in [3.8, 4) is 0 Å². The fourth-order valence-corrected chi connectivity index (χ4v) is 5.42. The van der Waals surface area contributed by atoms with Crippen molar-refractivity contribution in [1.82, 2.24) is 8.96 Å². The summed E-state index contributed by atoms with van der Waals surface area (Å²) in [5.74, 6) is 0.217. The molecule has 0 radical (unpaired) electrons. The van der Waals surface area contributed by atoms with Crippen LogP contribution in [-0.4, -0.2) is 27.0 Å². The molecule has 0 saturated heterocycles. The zero-order valence-electron chi connectivity index (χ0n) is 17.2. The van der Waals surface area contributed by atoms with Crippen LogP contribution in [0, 0.1) is 11.6 Å². The van der Waals surface area contributed by atoms with Crippen molar-refractivity contribution in [1.29, 1.82) is 0 Å². The van der Waals surface area contributed by atoms with Gasteiger partial charge in [0.25, 0.3) is 0 Å². The van der Waals surface area contributed by atoms with Crippen LogP contribution in [0.3, 0.4) is 0 Å². The summed E-state index contributed by atoms with van der Waals surface area (Å²) < 4.78 is 32.2. The Bertz CT molecular complexity index is 1970. The van der Waals surface area contributed by atoms with E-state index in [1.165, 1.54) is 0 Å². The van der Waals surface area contributed by atoms with E-state index in [0.717, 1.165) is 34.0 Å². The second-order valence-electron chi connectivity index (χ2n) is 8.34. The van der Waals surface area contributed by atoms with E-state index in [0.29, 0.717) is 45.1 Å². The molecule has 5 aromatic rings. The third-order valence-electron chi connectivity index (χ3n) is 6.55. The molecule has 0 unspecified atom stereocenters. The van der Waals surface area contributed by atoms with Crippen LogP contribution in [0.2, 0.25) is 0 Å². The van der Waals surface area contributed by atoms with E-state index >= 15 is 0 Å². The third-order valence-corrected chi connectivity index (χ3v) is 6.94.